The van der Waals surface area contributed by atoms with Crippen LogP contribution in [0.3, 0.4) is 0 Å². The van der Waals surface area contributed by atoms with Crippen molar-refractivity contribution in [2.75, 3.05) is 6.54 Å². The number of nitrogens with two attached hydrogens (primary N) is 1. The first-order chi connectivity index (χ1) is 13.0. The fourth-order valence-corrected chi connectivity index (χ4v) is 4.56. The van der Waals surface area contributed by atoms with Crippen molar-refractivity contribution >= 4 is 21.7 Å². The van der Waals surface area contributed by atoms with Gasteiger partial charge in [0.2, 0.25) is 0 Å². The molecule has 0 saturated carbocycles. The molecule has 27 heavy (non-hydrogen) atoms. The Labute approximate surface area is 171 Å². The number of nitrogens with one attached hydrogen (secondary N) is 1. The lowest BCUT2D eigenvalue weighted by atomic mass is 9.73. The number of carbonyl (C=O) groups is 1. The molecule has 2 aliphatic carbocycles. The van der Waals surface area contributed by atoms with Crippen LogP contribution < -0.4 is 11.1 Å². The Hall–Kier alpha value is -1.23. The molecular formula is C23H31BrN2O. The highest BCUT2D eigenvalue weighted by Crippen LogP contribution is 2.32. The topological polar surface area (TPSA) is 55.1 Å². The highest BCUT2D eigenvalue weighted by Gasteiger charge is 2.33. The summed E-state index contributed by atoms with van der Waals surface area (Å²) >= 11 is 3.45. The highest BCUT2D eigenvalue weighted by molar-refractivity contribution is 9.10. The molecule has 0 saturated heterocycles. The number of hydrogen-bond acceptors (Lipinski definition) is 3. The van der Waals surface area contributed by atoms with Crippen LogP contribution in [0.1, 0.15) is 44.6 Å². The number of halogens is 1. The van der Waals surface area contributed by atoms with Crippen molar-refractivity contribution in [2.24, 2.45) is 23.5 Å². The molecule has 0 radical (unpaired) electrons. The van der Waals surface area contributed by atoms with E-state index in [2.05, 4.69) is 46.4 Å². The van der Waals surface area contributed by atoms with Gasteiger partial charge in [0.15, 0.2) is 0 Å². The monoisotopic (exact) mass is 430 g/mol. The first kappa shape index (κ1) is 20.5. The molecule has 2 unspecified atom stereocenters. The maximum atomic E-state index is 13.0. The molecule has 4 atom stereocenters. The van der Waals surface area contributed by atoms with E-state index in [0.29, 0.717) is 24.0 Å². The number of rotatable bonds is 7. The van der Waals surface area contributed by atoms with Gasteiger partial charge < -0.3 is 5.73 Å². The molecule has 0 spiro atoms. The summed E-state index contributed by atoms with van der Waals surface area (Å²) in [5, 5.41) is 3.53. The second kappa shape index (κ2) is 9.81. The summed E-state index contributed by atoms with van der Waals surface area (Å²) in [6, 6.07) is 8.07. The minimum absolute atomic E-state index is 0.0636. The van der Waals surface area contributed by atoms with Crippen LogP contribution in [0.5, 0.6) is 0 Å². The zero-order chi connectivity index (χ0) is 19.2. The molecule has 0 aliphatic heterocycles. The lowest BCUT2D eigenvalue weighted by Gasteiger charge is -2.34. The number of ketones is 1. The molecule has 4 heteroatoms. The summed E-state index contributed by atoms with van der Waals surface area (Å²) in [7, 11) is 0. The van der Waals surface area contributed by atoms with E-state index in [9.17, 15) is 4.79 Å². The summed E-state index contributed by atoms with van der Waals surface area (Å²) in [6.07, 6.45) is 12.7. The fraction of sp³-hybridized carbons (Fsp3) is 0.522. The molecule has 0 aromatic heterocycles. The minimum atomic E-state index is -0.0781. The molecule has 1 aromatic rings. The molecule has 0 fully saturated rings. The van der Waals surface area contributed by atoms with Crippen molar-refractivity contribution in [3.05, 3.63) is 58.1 Å². The first-order valence-corrected chi connectivity index (χ1v) is 11.0. The van der Waals surface area contributed by atoms with E-state index >= 15 is 0 Å². The Morgan fingerprint density at radius 1 is 1.30 bits per heavy atom. The van der Waals surface area contributed by atoms with Crippen molar-refractivity contribution in [3.63, 3.8) is 0 Å². The molecule has 0 bridgehead atoms. The SMILES string of the molecule is C[C@@H]1C=CC[C@H](C(=O)Cc2ccc(Br)cc2)C1CNC(N)C1=CCCCC1. The second-order valence-electron chi connectivity index (χ2n) is 7.97. The van der Waals surface area contributed by atoms with Gasteiger partial charge in [-0.3, -0.25) is 10.1 Å². The molecule has 0 heterocycles. The van der Waals surface area contributed by atoms with Crippen LogP contribution in [0.2, 0.25) is 0 Å². The van der Waals surface area contributed by atoms with Gasteiger partial charge in [0.1, 0.15) is 5.78 Å². The zero-order valence-corrected chi connectivity index (χ0v) is 17.8. The van der Waals surface area contributed by atoms with Gasteiger partial charge in [0.05, 0.1) is 6.17 Å². The maximum Gasteiger partial charge on any atom is 0.140 e. The van der Waals surface area contributed by atoms with Gasteiger partial charge in [0.25, 0.3) is 0 Å². The predicted molar refractivity (Wildman–Crippen MR) is 115 cm³/mol. The maximum absolute atomic E-state index is 13.0. The normalized spacial score (nSPS) is 26.5. The van der Waals surface area contributed by atoms with Gasteiger partial charge in [-0.2, -0.15) is 0 Å². The van der Waals surface area contributed by atoms with E-state index in [4.69, 9.17) is 5.73 Å². The molecule has 146 valence electrons. The van der Waals surface area contributed by atoms with Crippen LogP contribution in [0.15, 0.2) is 52.5 Å². The van der Waals surface area contributed by atoms with Crippen LogP contribution in [-0.4, -0.2) is 18.5 Å². The second-order valence-corrected chi connectivity index (χ2v) is 8.89. The van der Waals surface area contributed by atoms with Gasteiger partial charge in [-0.1, -0.05) is 53.2 Å². The third-order valence-corrected chi connectivity index (χ3v) is 6.55. The van der Waals surface area contributed by atoms with Crippen molar-refractivity contribution < 1.29 is 4.79 Å². The quantitative estimate of drug-likeness (QED) is 0.483. The summed E-state index contributed by atoms with van der Waals surface area (Å²) in [5.74, 6) is 1.09. The molecule has 2 aliphatic rings. The van der Waals surface area contributed by atoms with Crippen LogP contribution >= 0.6 is 15.9 Å². The van der Waals surface area contributed by atoms with E-state index < -0.39 is 0 Å². The fourth-order valence-electron chi connectivity index (χ4n) is 4.30. The Kier molecular flexibility index (Phi) is 7.45. The smallest absolute Gasteiger partial charge is 0.140 e. The number of carbonyl (C=O) groups excluding carboxylic acids is 1. The standard InChI is InChI=1S/C23H31BrN2O/c1-16-6-5-9-20(22(27)14-17-10-12-19(24)13-11-17)21(16)15-26-23(25)18-7-3-2-4-8-18/h5-7,10-13,16,20-21,23,26H,2-4,8-9,14-15,25H2,1H3/t16-,20+,21?,23?/m1/s1. The van der Waals surface area contributed by atoms with E-state index in [1.807, 2.05) is 24.3 Å². The molecule has 0 amide bonds. The summed E-state index contributed by atoms with van der Waals surface area (Å²) in [6.45, 7) is 3.01. The van der Waals surface area contributed by atoms with Crippen LogP contribution in [0.25, 0.3) is 0 Å². The predicted octanol–water partition coefficient (Wildman–Crippen LogP) is 4.76. The van der Waals surface area contributed by atoms with Gasteiger partial charge in [-0.15, -0.1) is 0 Å². The van der Waals surface area contributed by atoms with Gasteiger partial charge in [0, 0.05) is 23.4 Å². The van der Waals surface area contributed by atoms with Crippen molar-refractivity contribution in [3.8, 4) is 0 Å². The van der Waals surface area contributed by atoms with Crippen molar-refractivity contribution in [2.45, 2.75) is 51.6 Å². The number of Topliss-reactive ketones (excluding diaryl/α,β-unsaturated/α-hetero) is 1. The summed E-state index contributed by atoms with van der Waals surface area (Å²) in [5.41, 5.74) is 8.80. The Balaban J connectivity index is 1.62. The van der Waals surface area contributed by atoms with Crippen LogP contribution in [0.4, 0.5) is 0 Å². The lowest BCUT2D eigenvalue weighted by Crippen LogP contribution is -2.46. The average molecular weight is 431 g/mol. The summed E-state index contributed by atoms with van der Waals surface area (Å²) in [4.78, 5) is 13.0. The Morgan fingerprint density at radius 3 is 2.78 bits per heavy atom. The van der Waals surface area contributed by atoms with Crippen molar-refractivity contribution in [1.29, 1.82) is 0 Å². The van der Waals surface area contributed by atoms with Crippen LogP contribution in [0, 0.1) is 17.8 Å². The van der Waals surface area contributed by atoms with Gasteiger partial charge >= 0.3 is 0 Å². The largest absolute Gasteiger partial charge is 0.312 e. The third-order valence-electron chi connectivity index (χ3n) is 6.03. The molecule has 3 nitrogen and oxygen atoms in total. The van der Waals surface area contributed by atoms with E-state index in [0.717, 1.165) is 35.8 Å². The highest BCUT2D eigenvalue weighted by atomic mass is 79.9. The number of hydrogen-bond donors (Lipinski definition) is 2. The molecule has 3 N–H and O–H groups in total. The van der Waals surface area contributed by atoms with Gasteiger partial charge in [-0.05, 0) is 67.2 Å². The molecule has 3 rings (SSSR count). The van der Waals surface area contributed by atoms with E-state index in [1.54, 1.807) is 0 Å². The van der Waals surface area contributed by atoms with E-state index in [1.165, 1.54) is 18.4 Å². The molecule has 1 aromatic carbocycles. The first-order valence-electron chi connectivity index (χ1n) is 10.2. The number of allylic oxidation sites excluding steroid dienone is 3. The molecular weight excluding hydrogens is 400 g/mol. The third kappa shape index (κ3) is 5.63. The lowest BCUT2D eigenvalue weighted by molar-refractivity contribution is -0.124. The average Bonchev–Trinajstić information content (AvgIpc) is 2.69. The minimum Gasteiger partial charge on any atom is -0.312 e. The summed E-state index contributed by atoms with van der Waals surface area (Å²) < 4.78 is 1.04. The zero-order valence-electron chi connectivity index (χ0n) is 16.2. The van der Waals surface area contributed by atoms with Crippen LogP contribution in [-0.2, 0) is 11.2 Å². The van der Waals surface area contributed by atoms with Gasteiger partial charge in [-0.25, -0.2) is 0 Å². The Bertz CT molecular complexity index is 695. The Morgan fingerprint density at radius 2 is 2.07 bits per heavy atom. The van der Waals surface area contributed by atoms with E-state index in [-0.39, 0.29) is 12.1 Å². The number of benzene rings is 1. The van der Waals surface area contributed by atoms with Crippen molar-refractivity contribution in [1.82, 2.24) is 5.32 Å².